The molecule has 0 radical (unpaired) electrons. The number of hydrogen-bond donors (Lipinski definition) is 0. The van der Waals surface area contributed by atoms with E-state index >= 15 is 0 Å². The second-order valence-electron chi connectivity index (χ2n) is 5.12. The van der Waals surface area contributed by atoms with E-state index in [1.807, 2.05) is 4.90 Å². The third kappa shape index (κ3) is 3.01. The highest BCUT2D eigenvalue weighted by Crippen LogP contribution is 2.23. The lowest BCUT2D eigenvalue weighted by atomic mass is 10.3. The largest absolute Gasteiger partial charge is 0.352 e. The summed E-state index contributed by atoms with van der Waals surface area (Å²) in [6, 6.07) is 5.03. The number of rotatable bonds is 3. The van der Waals surface area contributed by atoms with Crippen molar-refractivity contribution in [1.29, 1.82) is 0 Å². The first kappa shape index (κ1) is 14.7. The zero-order valence-corrected chi connectivity index (χ0v) is 13.1. The molecule has 0 saturated carbocycles. The van der Waals surface area contributed by atoms with Crippen molar-refractivity contribution in [3.8, 4) is 0 Å². The van der Waals surface area contributed by atoms with E-state index in [0.29, 0.717) is 24.9 Å². The van der Waals surface area contributed by atoms with Crippen LogP contribution in [0.4, 0.5) is 11.8 Å². The third-order valence-electron chi connectivity index (χ3n) is 3.56. The molecule has 0 bridgehead atoms. The van der Waals surface area contributed by atoms with Crippen LogP contribution in [0.15, 0.2) is 41.7 Å². The van der Waals surface area contributed by atoms with E-state index in [2.05, 4.69) is 19.9 Å². The van der Waals surface area contributed by atoms with Gasteiger partial charge in [0.2, 0.25) is 5.95 Å². The molecule has 1 aliphatic rings. The molecule has 0 aliphatic carbocycles. The molecule has 2 aromatic rings. The van der Waals surface area contributed by atoms with E-state index < -0.39 is 9.84 Å². The van der Waals surface area contributed by atoms with E-state index in [9.17, 15) is 8.42 Å². The molecule has 8 heteroatoms. The Balaban J connectivity index is 1.78. The van der Waals surface area contributed by atoms with Crippen molar-refractivity contribution in [3.63, 3.8) is 0 Å². The zero-order chi connectivity index (χ0) is 15.6. The number of aromatic nitrogens is 3. The number of anilines is 2. The Labute approximate surface area is 129 Å². The van der Waals surface area contributed by atoms with E-state index in [0.717, 1.165) is 13.1 Å². The number of sulfone groups is 1. The summed E-state index contributed by atoms with van der Waals surface area (Å²) >= 11 is 0. The highest BCUT2D eigenvalue weighted by Gasteiger charge is 2.24. The first-order valence-corrected chi connectivity index (χ1v) is 8.87. The van der Waals surface area contributed by atoms with Gasteiger partial charge in [0.25, 0.3) is 0 Å². The summed E-state index contributed by atoms with van der Waals surface area (Å²) in [5, 5.41) is 0. The van der Waals surface area contributed by atoms with Gasteiger partial charge in [-0.05, 0) is 18.2 Å². The van der Waals surface area contributed by atoms with Gasteiger partial charge in [0.05, 0.1) is 0 Å². The van der Waals surface area contributed by atoms with Gasteiger partial charge in [-0.3, -0.25) is 0 Å². The van der Waals surface area contributed by atoms with Crippen molar-refractivity contribution < 1.29 is 8.42 Å². The van der Waals surface area contributed by atoms with Crippen molar-refractivity contribution in [3.05, 3.63) is 36.8 Å². The van der Waals surface area contributed by atoms with Crippen LogP contribution in [0.25, 0.3) is 0 Å². The van der Waals surface area contributed by atoms with E-state index in [4.69, 9.17) is 0 Å². The van der Waals surface area contributed by atoms with Crippen molar-refractivity contribution in [2.24, 2.45) is 0 Å². The molecule has 1 fully saturated rings. The Morgan fingerprint density at radius 2 is 1.50 bits per heavy atom. The maximum atomic E-state index is 11.9. The summed E-state index contributed by atoms with van der Waals surface area (Å²) in [4.78, 5) is 17.1. The van der Waals surface area contributed by atoms with Crippen LogP contribution in [-0.2, 0) is 9.84 Å². The quantitative estimate of drug-likeness (QED) is 0.819. The van der Waals surface area contributed by atoms with Gasteiger partial charge in [-0.2, -0.15) is 0 Å². The summed E-state index contributed by atoms with van der Waals surface area (Å²) < 4.78 is 23.8. The molecule has 1 aliphatic heterocycles. The Morgan fingerprint density at radius 1 is 0.909 bits per heavy atom. The maximum absolute atomic E-state index is 11.9. The molecular weight excluding hydrogens is 302 g/mol. The zero-order valence-electron chi connectivity index (χ0n) is 12.3. The summed E-state index contributed by atoms with van der Waals surface area (Å²) in [6.45, 7) is 2.81. The fourth-order valence-electron chi connectivity index (χ4n) is 2.48. The van der Waals surface area contributed by atoms with E-state index in [1.165, 1.54) is 6.26 Å². The predicted molar refractivity (Wildman–Crippen MR) is 83.8 cm³/mol. The molecule has 22 heavy (non-hydrogen) atoms. The Morgan fingerprint density at radius 3 is 2.14 bits per heavy atom. The molecule has 7 nitrogen and oxygen atoms in total. The van der Waals surface area contributed by atoms with Crippen LogP contribution in [0.3, 0.4) is 0 Å². The van der Waals surface area contributed by atoms with Gasteiger partial charge in [-0.25, -0.2) is 23.4 Å². The minimum Gasteiger partial charge on any atom is -0.352 e. The van der Waals surface area contributed by atoms with Gasteiger partial charge < -0.3 is 9.80 Å². The highest BCUT2D eigenvalue weighted by molar-refractivity contribution is 7.90. The molecule has 0 atom stereocenters. The molecule has 3 rings (SSSR count). The number of piperazine rings is 1. The Bertz CT molecular complexity index is 743. The van der Waals surface area contributed by atoms with Crippen molar-refractivity contribution in [2.45, 2.75) is 4.90 Å². The van der Waals surface area contributed by atoms with Gasteiger partial charge >= 0.3 is 0 Å². The lowest BCUT2D eigenvalue weighted by Gasteiger charge is -2.35. The smallest absolute Gasteiger partial charge is 0.225 e. The van der Waals surface area contributed by atoms with Gasteiger partial charge in [-0.1, -0.05) is 0 Å². The molecule has 2 aromatic heterocycles. The monoisotopic (exact) mass is 319 g/mol. The minimum absolute atomic E-state index is 0.277. The van der Waals surface area contributed by atoms with Crippen LogP contribution in [0.2, 0.25) is 0 Å². The van der Waals surface area contributed by atoms with Crippen LogP contribution in [0.5, 0.6) is 0 Å². The first-order valence-electron chi connectivity index (χ1n) is 6.98. The molecule has 0 spiro atoms. The van der Waals surface area contributed by atoms with Crippen LogP contribution >= 0.6 is 0 Å². The van der Waals surface area contributed by atoms with Crippen LogP contribution < -0.4 is 9.80 Å². The standard InChI is InChI=1S/C14H17N5O2S/c1-22(20,21)12-4-2-5-15-13(12)18-8-10-19(11-9-18)14-16-6-3-7-17-14/h2-7H,8-11H2,1H3. The van der Waals surface area contributed by atoms with Crippen LogP contribution in [-0.4, -0.2) is 55.8 Å². The summed E-state index contributed by atoms with van der Waals surface area (Å²) in [7, 11) is -3.29. The molecule has 0 N–H and O–H groups in total. The fourth-order valence-corrected chi connectivity index (χ4v) is 3.32. The molecule has 0 amide bonds. The van der Waals surface area contributed by atoms with Gasteiger partial charge in [0.1, 0.15) is 10.7 Å². The van der Waals surface area contributed by atoms with Gasteiger partial charge in [-0.15, -0.1) is 0 Å². The molecule has 3 heterocycles. The molecular formula is C14H17N5O2S. The lowest BCUT2D eigenvalue weighted by Crippen LogP contribution is -2.47. The average molecular weight is 319 g/mol. The van der Waals surface area contributed by atoms with Crippen molar-refractivity contribution in [1.82, 2.24) is 15.0 Å². The van der Waals surface area contributed by atoms with Crippen LogP contribution in [0, 0.1) is 0 Å². The predicted octanol–water partition coefficient (Wildman–Crippen LogP) is 0.602. The molecule has 0 unspecified atom stereocenters. The summed E-state index contributed by atoms with van der Waals surface area (Å²) in [5.41, 5.74) is 0. The number of pyridine rings is 1. The Hall–Kier alpha value is -2.22. The first-order chi connectivity index (χ1) is 10.6. The Kier molecular flexibility index (Phi) is 3.93. The highest BCUT2D eigenvalue weighted by atomic mass is 32.2. The van der Waals surface area contributed by atoms with Crippen molar-refractivity contribution in [2.75, 3.05) is 42.2 Å². The second-order valence-corrected chi connectivity index (χ2v) is 7.10. The molecule has 0 aromatic carbocycles. The fraction of sp³-hybridized carbons (Fsp3) is 0.357. The van der Waals surface area contributed by atoms with Gasteiger partial charge in [0.15, 0.2) is 9.84 Å². The van der Waals surface area contributed by atoms with E-state index in [-0.39, 0.29) is 4.90 Å². The second kappa shape index (κ2) is 5.88. The lowest BCUT2D eigenvalue weighted by molar-refractivity contribution is 0.597. The molecule has 116 valence electrons. The topological polar surface area (TPSA) is 79.3 Å². The molecule has 1 saturated heterocycles. The normalized spacial score (nSPS) is 15.9. The summed E-state index contributed by atoms with van der Waals surface area (Å²) in [6.07, 6.45) is 6.27. The van der Waals surface area contributed by atoms with E-state index in [1.54, 1.807) is 36.8 Å². The third-order valence-corrected chi connectivity index (χ3v) is 4.68. The maximum Gasteiger partial charge on any atom is 0.225 e. The number of nitrogens with zero attached hydrogens (tertiary/aromatic N) is 5. The average Bonchev–Trinajstić information content (AvgIpc) is 2.55. The minimum atomic E-state index is -3.29. The van der Waals surface area contributed by atoms with Gasteiger partial charge in [0, 0.05) is 51.0 Å². The van der Waals surface area contributed by atoms with Crippen molar-refractivity contribution >= 4 is 21.6 Å². The summed E-state index contributed by atoms with van der Waals surface area (Å²) in [5.74, 6) is 1.23. The number of hydrogen-bond acceptors (Lipinski definition) is 7. The SMILES string of the molecule is CS(=O)(=O)c1cccnc1N1CCN(c2ncccn2)CC1. The van der Waals surface area contributed by atoms with Crippen LogP contribution in [0.1, 0.15) is 0 Å².